The minimum Gasteiger partial charge on any atom is -0.135 e. The van der Waals surface area contributed by atoms with E-state index in [1.165, 1.54) is 130 Å². The molecule has 13 aromatic rings. The highest BCUT2D eigenvalue weighted by Crippen LogP contribution is 2.51. The first-order valence-electron chi connectivity index (χ1n) is 21.8. The molecule has 0 amide bonds. The quantitative estimate of drug-likeness (QED) is 0.152. The van der Waals surface area contributed by atoms with Crippen LogP contribution in [0.4, 0.5) is 0 Å². The van der Waals surface area contributed by atoms with E-state index in [1.54, 1.807) is 0 Å². The molecular formula is C62H38S. The Bertz CT molecular complexity index is 3830. The van der Waals surface area contributed by atoms with Crippen LogP contribution in [-0.2, 0) is 0 Å². The van der Waals surface area contributed by atoms with Crippen molar-refractivity contribution < 1.29 is 0 Å². The van der Waals surface area contributed by atoms with Gasteiger partial charge in [-0.1, -0.05) is 224 Å². The van der Waals surface area contributed by atoms with Gasteiger partial charge in [0.15, 0.2) is 0 Å². The van der Waals surface area contributed by atoms with Crippen molar-refractivity contribution in [2.45, 2.75) is 0 Å². The zero-order chi connectivity index (χ0) is 41.4. The van der Waals surface area contributed by atoms with Crippen LogP contribution in [0.25, 0.3) is 130 Å². The topological polar surface area (TPSA) is 0 Å². The fraction of sp³-hybridized carbons (Fsp3) is 0. The van der Waals surface area contributed by atoms with Crippen LogP contribution >= 0.6 is 11.3 Å². The van der Waals surface area contributed by atoms with Gasteiger partial charge in [-0.05, 0) is 110 Å². The van der Waals surface area contributed by atoms with Crippen molar-refractivity contribution in [3.05, 3.63) is 231 Å². The van der Waals surface area contributed by atoms with E-state index in [9.17, 15) is 0 Å². The Balaban J connectivity index is 1.04. The summed E-state index contributed by atoms with van der Waals surface area (Å²) in [6.07, 6.45) is 0. The van der Waals surface area contributed by atoms with E-state index in [4.69, 9.17) is 0 Å². The molecule has 292 valence electrons. The second-order valence-electron chi connectivity index (χ2n) is 16.6. The molecule has 1 aromatic heterocycles. The van der Waals surface area contributed by atoms with E-state index in [1.807, 2.05) is 11.3 Å². The lowest BCUT2D eigenvalue weighted by Crippen LogP contribution is -1.91. The Labute approximate surface area is 369 Å². The summed E-state index contributed by atoms with van der Waals surface area (Å²) in [6, 6.07) is 85.3. The Morgan fingerprint density at radius 2 is 0.603 bits per heavy atom. The lowest BCUT2D eigenvalue weighted by atomic mass is 9.84. The Hall–Kier alpha value is -7.84. The van der Waals surface area contributed by atoms with Crippen LogP contribution in [0.3, 0.4) is 0 Å². The Kier molecular flexibility index (Phi) is 8.19. The lowest BCUT2D eigenvalue weighted by molar-refractivity contribution is 1.63. The maximum absolute atomic E-state index is 2.35. The molecule has 1 heterocycles. The second-order valence-corrected chi connectivity index (χ2v) is 17.7. The maximum atomic E-state index is 2.35. The van der Waals surface area contributed by atoms with Crippen LogP contribution in [0.5, 0.6) is 0 Å². The summed E-state index contributed by atoms with van der Waals surface area (Å²) in [5.74, 6) is 0. The first-order valence-corrected chi connectivity index (χ1v) is 22.6. The number of thiophene rings is 1. The molecule has 0 aliphatic heterocycles. The highest BCUT2D eigenvalue weighted by Gasteiger charge is 2.23. The molecule has 1 heteroatoms. The highest BCUT2D eigenvalue weighted by atomic mass is 32.1. The van der Waals surface area contributed by atoms with Crippen molar-refractivity contribution in [3.63, 3.8) is 0 Å². The largest absolute Gasteiger partial charge is 0.135 e. The van der Waals surface area contributed by atoms with E-state index >= 15 is 0 Å². The molecule has 12 aromatic carbocycles. The number of rotatable bonds is 5. The Morgan fingerprint density at radius 3 is 1.19 bits per heavy atom. The van der Waals surface area contributed by atoms with E-state index < -0.39 is 0 Å². The molecule has 0 radical (unpaired) electrons. The molecule has 0 saturated carbocycles. The number of hydrogen-bond acceptors (Lipinski definition) is 1. The lowest BCUT2D eigenvalue weighted by Gasteiger charge is -2.19. The number of hydrogen-bond donors (Lipinski definition) is 0. The normalized spacial score (nSPS) is 11.8. The number of benzene rings is 12. The summed E-state index contributed by atoms with van der Waals surface area (Å²) < 4.78 is 2.61. The van der Waals surface area contributed by atoms with Crippen LogP contribution in [0.1, 0.15) is 0 Å². The molecule has 0 bridgehead atoms. The average molecular weight is 815 g/mol. The third-order valence-electron chi connectivity index (χ3n) is 13.3. The van der Waals surface area contributed by atoms with Gasteiger partial charge in [0.05, 0.1) is 0 Å². The van der Waals surface area contributed by atoms with E-state index in [0.717, 1.165) is 0 Å². The Morgan fingerprint density at radius 1 is 0.222 bits per heavy atom. The summed E-state index contributed by atoms with van der Waals surface area (Å²) in [4.78, 5) is 0. The van der Waals surface area contributed by atoms with Crippen LogP contribution in [0, 0.1) is 0 Å². The molecule has 0 aliphatic rings. The SMILES string of the molecule is c1ccc(-c2c3ccccc3c(-c3cccc4sc5c(-c6c7ccccc7c(-c7ccc(-c8cccc9ccccc89)cc7)c7ccccc67)cccc5c34)c3ccccc23)cc1. The third kappa shape index (κ3) is 5.54. The maximum Gasteiger partial charge on any atom is 0.0434 e. The van der Waals surface area contributed by atoms with Gasteiger partial charge in [0.2, 0.25) is 0 Å². The average Bonchev–Trinajstić information content (AvgIpc) is 3.75. The van der Waals surface area contributed by atoms with Crippen molar-refractivity contribution in [2.24, 2.45) is 0 Å². The predicted octanol–water partition coefficient (Wildman–Crippen LogP) is 18.2. The summed E-state index contributed by atoms with van der Waals surface area (Å²) >= 11 is 1.92. The molecule has 0 atom stereocenters. The van der Waals surface area contributed by atoms with Gasteiger partial charge in [-0.3, -0.25) is 0 Å². The highest BCUT2D eigenvalue weighted by molar-refractivity contribution is 7.26. The van der Waals surface area contributed by atoms with Gasteiger partial charge < -0.3 is 0 Å². The van der Waals surface area contributed by atoms with Crippen molar-refractivity contribution in [1.29, 1.82) is 0 Å². The molecular weight excluding hydrogens is 777 g/mol. The third-order valence-corrected chi connectivity index (χ3v) is 14.5. The zero-order valence-electron chi connectivity index (χ0n) is 34.3. The molecule has 0 spiro atoms. The molecule has 0 aliphatic carbocycles. The van der Waals surface area contributed by atoms with Crippen molar-refractivity contribution in [2.75, 3.05) is 0 Å². The van der Waals surface area contributed by atoms with Gasteiger partial charge in [0.25, 0.3) is 0 Å². The molecule has 0 unspecified atom stereocenters. The fourth-order valence-electron chi connectivity index (χ4n) is 10.6. The molecule has 13 rings (SSSR count). The number of fused-ring (bicyclic) bond motifs is 8. The molecule has 0 N–H and O–H groups in total. The van der Waals surface area contributed by atoms with Gasteiger partial charge >= 0.3 is 0 Å². The van der Waals surface area contributed by atoms with Crippen LogP contribution in [0.15, 0.2) is 231 Å². The summed E-state index contributed by atoms with van der Waals surface area (Å²) in [5.41, 5.74) is 12.7. The first-order chi connectivity index (χ1) is 31.3. The van der Waals surface area contributed by atoms with E-state index in [0.29, 0.717) is 0 Å². The van der Waals surface area contributed by atoms with Crippen molar-refractivity contribution in [1.82, 2.24) is 0 Å². The van der Waals surface area contributed by atoms with Crippen LogP contribution < -0.4 is 0 Å². The van der Waals surface area contributed by atoms with Crippen molar-refractivity contribution in [3.8, 4) is 55.6 Å². The summed E-state index contributed by atoms with van der Waals surface area (Å²) in [5, 5.41) is 15.3. The molecule has 0 fully saturated rings. The first kappa shape index (κ1) is 35.9. The minimum atomic E-state index is 1.22. The predicted molar refractivity (Wildman–Crippen MR) is 274 cm³/mol. The van der Waals surface area contributed by atoms with E-state index in [2.05, 4.69) is 231 Å². The summed E-state index contributed by atoms with van der Waals surface area (Å²) in [7, 11) is 0. The van der Waals surface area contributed by atoms with Crippen LogP contribution in [0.2, 0.25) is 0 Å². The minimum absolute atomic E-state index is 1.22. The van der Waals surface area contributed by atoms with Crippen molar-refractivity contribution >= 4 is 85.4 Å². The fourth-order valence-corrected chi connectivity index (χ4v) is 11.9. The summed E-state index contributed by atoms with van der Waals surface area (Å²) in [6.45, 7) is 0. The molecule has 0 nitrogen and oxygen atoms in total. The smallest absolute Gasteiger partial charge is 0.0434 e. The monoisotopic (exact) mass is 814 g/mol. The second kappa shape index (κ2) is 14.4. The van der Waals surface area contributed by atoms with Gasteiger partial charge in [0.1, 0.15) is 0 Å². The van der Waals surface area contributed by atoms with Gasteiger partial charge in [-0.15, -0.1) is 11.3 Å². The van der Waals surface area contributed by atoms with E-state index in [-0.39, 0.29) is 0 Å². The van der Waals surface area contributed by atoms with Gasteiger partial charge in [-0.25, -0.2) is 0 Å². The zero-order valence-corrected chi connectivity index (χ0v) is 35.2. The van der Waals surface area contributed by atoms with Crippen LogP contribution in [-0.4, -0.2) is 0 Å². The van der Waals surface area contributed by atoms with Gasteiger partial charge in [-0.2, -0.15) is 0 Å². The van der Waals surface area contributed by atoms with Gasteiger partial charge in [0, 0.05) is 25.7 Å². The standard InChI is InChI=1S/C62H38S/c1-2-18-41(19-3-1)57-45-22-6-10-26-49(45)59(50-27-11-7-23-46(50)57)53-31-16-34-56-61(53)55-33-15-32-54(62(55)63-56)60-51-28-12-8-24-47(51)58(48-25-9-13-29-52(48)60)42-37-35-40(36-38-42)44-30-14-20-39-17-4-5-21-43(39)44/h1-38H. The molecule has 0 saturated heterocycles. The molecule has 63 heavy (non-hydrogen) atoms.